The quantitative estimate of drug-likeness (QED) is 0.650. The first kappa shape index (κ1) is 13.8. The van der Waals surface area contributed by atoms with Gasteiger partial charge in [0.15, 0.2) is 0 Å². The highest BCUT2D eigenvalue weighted by molar-refractivity contribution is 5.44. The largest absolute Gasteiger partial charge is 0.393 e. The first-order chi connectivity index (χ1) is 8.26. The Morgan fingerprint density at radius 3 is 2.41 bits per heavy atom. The van der Waals surface area contributed by atoms with E-state index in [4.69, 9.17) is 0 Å². The molecule has 0 bridgehead atoms. The number of aliphatic hydroxyl groups is 1. The van der Waals surface area contributed by atoms with Gasteiger partial charge in [-0.3, -0.25) is 0 Å². The normalized spacial score (nSPS) is 12.2. The zero-order chi connectivity index (χ0) is 12.5. The van der Waals surface area contributed by atoms with E-state index in [9.17, 15) is 5.11 Å². The fourth-order valence-corrected chi connectivity index (χ4v) is 1.46. The number of nitrogens with zero attached hydrogens (tertiary/aromatic N) is 1. The van der Waals surface area contributed by atoms with Gasteiger partial charge in [0.1, 0.15) is 11.6 Å². The van der Waals surface area contributed by atoms with Crippen LogP contribution >= 0.6 is 0 Å². The van der Waals surface area contributed by atoms with Crippen LogP contribution in [0.4, 0.5) is 11.6 Å². The molecule has 1 heterocycles. The van der Waals surface area contributed by atoms with E-state index in [1.54, 1.807) is 0 Å². The smallest absolute Gasteiger partial charge is 0.128 e. The summed E-state index contributed by atoms with van der Waals surface area (Å²) in [5.74, 6) is 1.75. The van der Waals surface area contributed by atoms with Crippen LogP contribution in [0.15, 0.2) is 18.2 Å². The Morgan fingerprint density at radius 1 is 1.18 bits per heavy atom. The fourth-order valence-electron chi connectivity index (χ4n) is 1.46. The Kier molecular flexibility index (Phi) is 6.40. The van der Waals surface area contributed by atoms with Crippen LogP contribution in [-0.4, -0.2) is 29.3 Å². The molecule has 0 saturated heterocycles. The molecular weight excluding hydrogens is 214 g/mol. The fraction of sp³-hybridized carbons (Fsp3) is 0.615. The van der Waals surface area contributed by atoms with E-state index in [1.807, 2.05) is 25.1 Å². The molecule has 0 fully saturated rings. The molecule has 0 radical (unpaired) electrons. The van der Waals surface area contributed by atoms with Gasteiger partial charge in [-0.1, -0.05) is 19.9 Å². The second kappa shape index (κ2) is 7.90. The summed E-state index contributed by atoms with van der Waals surface area (Å²) in [7, 11) is 0. The highest BCUT2D eigenvalue weighted by Crippen LogP contribution is 2.09. The maximum Gasteiger partial charge on any atom is 0.128 e. The van der Waals surface area contributed by atoms with E-state index >= 15 is 0 Å². The van der Waals surface area contributed by atoms with E-state index in [-0.39, 0.29) is 6.10 Å². The van der Waals surface area contributed by atoms with Crippen LogP contribution in [0, 0.1) is 0 Å². The minimum Gasteiger partial charge on any atom is -0.393 e. The third-order valence-electron chi connectivity index (χ3n) is 2.56. The molecule has 1 aromatic heterocycles. The van der Waals surface area contributed by atoms with E-state index in [0.717, 1.165) is 44.0 Å². The van der Waals surface area contributed by atoms with Gasteiger partial charge in [-0.15, -0.1) is 0 Å². The predicted molar refractivity (Wildman–Crippen MR) is 72.4 cm³/mol. The van der Waals surface area contributed by atoms with Crippen molar-refractivity contribution in [3.05, 3.63) is 18.2 Å². The number of anilines is 2. The number of aliphatic hydroxyl groups excluding tert-OH is 1. The third kappa shape index (κ3) is 5.54. The second-order valence-electron chi connectivity index (χ2n) is 4.11. The average Bonchev–Trinajstić information content (AvgIpc) is 2.36. The maximum atomic E-state index is 9.43. The highest BCUT2D eigenvalue weighted by Gasteiger charge is 2.01. The number of hydrogen-bond acceptors (Lipinski definition) is 4. The Balaban J connectivity index is 2.37. The van der Waals surface area contributed by atoms with Crippen molar-refractivity contribution in [3.8, 4) is 0 Å². The molecule has 0 aliphatic heterocycles. The Labute approximate surface area is 103 Å². The summed E-state index contributed by atoms with van der Waals surface area (Å²) in [6.07, 6.45) is 2.42. The van der Waals surface area contributed by atoms with E-state index in [1.165, 1.54) is 0 Å². The average molecular weight is 237 g/mol. The Hall–Kier alpha value is -1.29. The first-order valence-electron chi connectivity index (χ1n) is 6.39. The lowest BCUT2D eigenvalue weighted by atomic mass is 10.2. The van der Waals surface area contributed by atoms with Crippen molar-refractivity contribution < 1.29 is 5.11 Å². The molecule has 1 rings (SSSR count). The topological polar surface area (TPSA) is 57.2 Å². The summed E-state index contributed by atoms with van der Waals surface area (Å²) in [6, 6.07) is 5.88. The monoisotopic (exact) mass is 237 g/mol. The molecule has 0 aromatic carbocycles. The van der Waals surface area contributed by atoms with Crippen molar-refractivity contribution in [2.45, 2.75) is 39.2 Å². The predicted octanol–water partition coefficient (Wildman–Crippen LogP) is 2.48. The van der Waals surface area contributed by atoms with Gasteiger partial charge in [-0.25, -0.2) is 4.98 Å². The molecule has 0 aliphatic rings. The molecule has 0 aliphatic carbocycles. The van der Waals surface area contributed by atoms with Crippen molar-refractivity contribution >= 4 is 11.6 Å². The lowest BCUT2D eigenvalue weighted by molar-refractivity contribution is 0.164. The SMILES string of the molecule is CCCNc1cccc(NCCC(O)CC)n1. The molecule has 1 unspecified atom stereocenters. The van der Waals surface area contributed by atoms with Crippen LogP contribution in [0.2, 0.25) is 0 Å². The van der Waals surface area contributed by atoms with Crippen LogP contribution in [0.25, 0.3) is 0 Å². The maximum absolute atomic E-state index is 9.43. The lowest BCUT2D eigenvalue weighted by Crippen LogP contribution is -2.13. The number of hydrogen-bond donors (Lipinski definition) is 3. The molecule has 3 N–H and O–H groups in total. The van der Waals surface area contributed by atoms with Crippen molar-refractivity contribution in [2.24, 2.45) is 0 Å². The van der Waals surface area contributed by atoms with Gasteiger partial charge in [-0.05, 0) is 31.4 Å². The molecule has 4 heteroatoms. The molecular formula is C13H23N3O. The van der Waals surface area contributed by atoms with Gasteiger partial charge >= 0.3 is 0 Å². The van der Waals surface area contributed by atoms with E-state index in [0.29, 0.717) is 0 Å². The summed E-state index contributed by atoms with van der Waals surface area (Å²) in [5, 5.41) is 15.9. The Bertz CT molecular complexity index is 317. The molecule has 0 spiro atoms. The summed E-state index contributed by atoms with van der Waals surface area (Å²) in [5.41, 5.74) is 0. The van der Waals surface area contributed by atoms with E-state index < -0.39 is 0 Å². The Morgan fingerprint density at radius 2 is 1.82 bits per heavy atom. The van der Waals surface area contributed by atoms with Crippen LogP contribution in [0.3, 0.4) is 0 Å². The van der Waals surface area contributed by atoms with Gasteiger partial charge in [0, 0.05) is 13.1 Å². The summed E-state index contributed by atoms with van der Waals surface area (Å²) >= 11 is 0. The molecule has 1 atom stereocenters. The molecule has 0 saturated carbocycles. The highest BCUT2D eigenvalue weighted by atomic mass is 16.3. The van der Waals surface area contributed by atoms with Gasteiger partial charge in [0.25, 0.3) is 0 Å². The summed E-state index contributed by atoms with van der Waals surface area (Å²) in [4.78, 5) is 4.43. The number of nitrogens with one attached hydrogen (secondary N) is 2. The minimum absolute atomic E-state index is 0.219. The number of rotatable bonds is 8. The standard InChI is InChI=1S/C13H23N3O/c1-3-9-14-12-6-5-7-13(16-12)15-10-8-11(17)4-2/h5-7,11,17H,3-4,8-10H2,1-2H3,(H2,14,15,16). The van der Waals surface area contributed by atoms with Crippen LogP contribution in [0.1, 0.15) is 33.1 Å². The van der Waals surface area contributed by atoms with Gasteiger partial charge in [0.05, 0.1) is 6.10 Å². The van der Waals surface area contributed by atoms with Crippen molar-refractivity contribution in [1.29, 1.82) is 0 Å². The van der Waals surface area contributed by atoms with E-state index in [2.05, 4.69) is 22.5 Å². The van der Waals surface area contributed by atoms with Crippen LogP contribution in [0.5, 0.6) is 0 Å². The molecule has 1 aromatic rings. The van der Waals surface area contributed by atoms with Gasteiger partial charge < -0.3 is 15.7 Å². The first-order valence-corrected chi connectivity index (χ1v) is 6.39. The zero-order valence-corrected chi connectivity index (χ0v) is 10.7. The second-order valence-corrected chi connectivity index (χ2v) is 4.11. The molecule has 0 amide bonds. The van der Waals surface area contributed by atoms with Crippen molar-refractivity contribution in [3.63, 3.8) is 0 Å². The minimum atomic E-state index is -0.219. The summed E-state index contributed by atoms with van der Waals surface area (Å²) < 4.78 is 0. The third-order valence-corrected chi connectivity index (χ3v) is 2.56. The molecule has 17 heavy (non-hydrogen) atoms. The number of pyridine rings is 1. The van der Waals surface area contributed by atoms with Crippen LogP contribution in [-0.2, 0) is 0 Å². The van der Waals surface area contributed by atoms with Crippen LogP contribution < -0.4 is 10.6 Å². The number of aromatic nitrogens is 1. The zero-order valence-electron chi connectivity index (χ0n) is 10.7. The van der Waals surface area contributed by atoms with Crippen molar-refractivity contribution in [2.75, 3.05) is 23.7 Å². The molecule has 4 nitrogen and oxygen atoms in total. The van der Waals surface area contributed by atoms with Gasteiger partial charge in [0.2, 0.25) is 0 Å². The molecule has 96 valence electrons. The van der Waals surface area contributed by atoms with Crippen molar-refractivity contribution in [1.82, 2.24) is 4.98 Å². The lowest BCUT2D eigenvalue weighted by Gasteiger charge is -2.10. The van der Waals surface area contributed by atoms with Gasteiger partial charge in [-0.2, -0.15) is 0 Å². The summed E-state index contributed by atoms with van der Waals surface area (Å²) in [6.45, 7) is 5.80.